The molecule has 1 aromatic carbocycles. The Kier molecular flexibility index (Phi) is 2.18. The fourth-order valence-corrected chi connectivity index (χ4v) is 2.65. The first-order valence-electron chi connectivity index (χ1n) is 4.18. The molecular weight excluding hydrogens is 202 g/mol. The molecule has 0 aliphatic rings. The molecule has 2 aromatic rings. The predicted molar refractivity (Wildman–Crippen MR) is 60.6 cm³/mol. The summed E-state index contributed by atoms with van der Waals surface area (Å²) in [5.74, 6) is 0. The van der Waals surface area contributed by atoms with Crippen LogP contribution in [0.2, 0.25) is 5.02 Å². The second kappa shape index (κ2) is 3.20. The molecule has 0 aliphatic carbocycles. The minimum absolute atomic E-state index is 0.816. The fraction of sp³-hybridized carbons (Fsp3) is 0.200. The Morgan fingerprint density at radius 3 is 3.00 bits per heavy atom. The van der Waals surface area contributed by atoms with E-state index in [0.717, 1.165) is 32.8 Å². The van der Waals surface area contributed by atoms with Gasteiger partial charge in [0.2, 0.25) is 0 Å². The SMILES string of the molecule is CCc1cc(Cl)c2sccc2c1N. The van der Waals surface area contributed by atoms with Crippen molar-refractivity contribution in [3.63, 3.8) is 0 Å². The van der Waals surface area contributed by atoms with Crippen molar-refractivity contribution in [2.45, 2.75) is 13.3 Å². The van der Waals surface area contributed by atoms with Crippen molar-refractivity contribution in [3.05, 3.63) is 28.1 Å². The van der Waals surface area contributed by atoms with Gasteiger partial charge in [-0.25, -0.2) is 0 Å². The smallest absolute Gasteiger partial charge is 0.0588 e. The standard InChI is InChI=1S/C10H10ClNS/c1-2-6-5-8(11)10-7(9(6)12)3-4-13-10/h3-5H,2,12H2,1H3. The molecule has 68 valence electrons. The maximum absolute atomic E-state index is 6.11. The first-order valence-corrected chi connectivity index (χ1v) is 5.44. The molecule has 0 amide bonds. The average molecular weight is 212 g/mol. The molecule has 0 bridgehead atoms. The second-order valence-corrected chi connectivity index (χ2v) is 4.27. The zero-order valence-electron chi connectivity index (χ0n) is 7.30. The summed E-state index contributed by atoms with van der Waals surface area (Å²) in [5.41, 5.74) is 8.00. The van der Waals surface area contributed by atoms with Crippen LogP contribution in [0.4, 0.5) is 5.69 Å². The summed E-state index contributed by atoms with van der Waals surface area (Å²) in [7, 11) is 0. The maximum Gasteiger partial charge on any atom is 0.0588 e. The Bertz CT molecular complexity index is 447. The molecule has 1 heterocycles. The fourth-order valence-electron chi connectivity index (χ4n) is 1.47. The number of rotatable bonds is 1. The van der Waals surface area contributed by atoms with E-state index in [4.69, 9.17) is 17.3 Å². The summed E-state index contributed by atoms with van der Waals surface area (Å²) >= 11 is 7.74. The van der Waals surface area contributed by atoms with Crippen molar-refractivity contribution in [1.82, 2.24) is 0 Å². The number of nitrogens with two attached hydrogens (primary N) is 1. The lowest BCUT2D eigenvalue weighted by atomic mass is 10.1. The van der Waals surface area contributed by atoms with E-state index in [-0.39, 0.29) is 0 Å². The highest BCUT2D eigenvalue weighted by molar-refractivity contribution is 7.18. The number of aryl methyl sites for hydroxylation is 1. The quantitative estimate of drug-likeness (QED) is 0.716. The molecule has 0 atom stereocenters. The Morgan fingerprint density at radius 1 is 1.54 bits per heavy atom. The van der Waals surface area contributed by atoms with Crippen molar-refractivity contribution >= 4 is 38.7 Å². The van der Waals surface area contributed by atoms with Crippen LogP contribution >= 0.6 is 22.9 Å². The van der Waals surface area contributed by atoms with Gasteiger partial charge in [-0.1, -0.05) is 18.5 Å². The van der Waals surface area contributed by atoms with Gasteiger partial charge in [0.05, 0.1) is 9.72 Å². The molecule has 1 aromatic heterocycles. The highest BCUT2D eigenvalue weighted by atomic mass is 35.5. The molecule has 0 fully saturated rings. The number of hydrogen-bond acceptors (Lipinski definition) is 2. The molecule has 0 saturated heterocycles. The summed E-state index contributed by atoms with van der Waals surface area (Å²) in [5, 5.41) is 3.93. The number of fused-ring (bicyclic) bond motifs is 1. The van der Waals surface area contributed by atoms with E-state index < -0.39 is 0 Å². The molecule has 0 saturated carbocycles. The van der Waals surface area contributed by atoms with Crippen LogP contribution in [0, 0.1) is 0 Å². The number of hydrogen-bond donors (Lipinski definition) is 1. The zero-order valence-corrected chi connectivity index (χ0v) is 8.88. The predicted octanol–water partition coefficient (Wildman–Crippen LogP) is 3.70. The molecule has 0 unspecified atom stereocenters. The van der Waals surface area contributed by atoms with E-state index in [9.17, 15) is 0 Å². The van der Waals surface area contributed by atoms with Crippen LogP contribution in [0.5, 0.6) is 0 Å². The van der Waals surface area contributed by atoms with Crippen molar-refractivity contribution < 1.29 is 0 Å². The van der Waals surface area contributed by atoms with E-state index in [1.807, 2.05) is 17.5 Å². The lowest BCUT2D eigenvalue weighted by Gasteiger charge is -2.05. The Hall–Kier alpha value is -0.730. The van der Waals surface area contributed by atoms with Crippen LogP contribution in [-0.2, 0) is 6.42 Å². The third-order valence-corrected chi connectivity index (χ3v) is 3.56. The number of halogens is 1. The van der Waals surface area contributed by atoms with Gasteiger partial charge in [0.25, 0.3) is 0 Å². The second-order valence-electron chi connectivity index (χ2n) is 2.95. The van der Waals surface area contributed by atoms with Gasteiger partial charge in [-0.3, -0.25) is 0 Å². The van der Waals surface area contributed by atoms with Crippen LogP contribution in [0.3, 0.4) is 0 Å². The summed E-state index contributed by atoms with van der Waals surface area (Å²) in [4.78, 5) is 0. The third-order valence-electron chi connectivity index (χ3n) is 2.20. The minimum Gasteiger partial charge on any atom is -0.398 e. The summed E-state index contributed by atoms with van der Waals surface area (Å²) in [6, 6.07) is 4.00. The molecule has 3 heteroatoms. The van der Waals surface area contributed by atoms with Crippen LogP contribution in [0.25, 0.3) is 10.1 Å². The first-order chi connectivity index (χ1) is 6.24. The molecular formula is C10H10ClNS. The summed E-state index contributed by atoms with van der Waals surface area (Å²) in [6.07, 6.45) is 0.928. The van der Waals surface area contributed by atoms with Gasteiger partial charge in [-0.05, 0) is 29.5 Å². The van der Waals surface area contributed by atoms with Crippen LogP contribution in [-0.4, -0.2) is 0 Å². The van der Waals surface area contributed by atoms with Crippen molar-refractivity contribution in [2.24, 2.45) is 0 Å². The van der Waals surface area contributed by atoms with Gasteiger partial charge in [-0.15, -0.1) is 11.3 Å². The number of nitrogen functional groups attached to an aromatic ring is 1. The van der Waals surface area contributed by atoms with Gasteiger partial charge in [0.1, 0.15) is 0 Å². The van der Waals surface area contributed by atoms with Crippen LogP contribution in [0.15, 0.2) is 17.5 Å². The lowest BCUT2D eigenvalue weighted by Crippen LogP contribution is -1.93. The molecule has 0 aliphatic heterocycles. The number of anilines is 1. The third kappa shape index (κ3) is 1.30. The Balaban J connectivity index is 2.85. The maximum atomic E-state index is 6.11. The van der Waals surface area contributed by atoms with Gasteiger partial charge in [-0.2, -0.15) is 0 Å². The van der Waals surface area contributed by atoms with E-state index in [2.05, 4.69) is 6.92 Å². The first kappa shape index (κ1) is 8.85. The molecule has 2 N–H and O–H groups in total. The highest BCUT2D eigenvalue weighted by Gasteiger charge is 2.07. The molecule has 0 spiro atoms. The van der Waals surface area contributed by atoms with Crippen molar-refractivity contribution in [2.75, 3.05) is 5.73 Å². The summed E-state index contributed by atoms with van der Waals surface area (Å²) in [6.45, 7) is 2.08. The van der Waals surface area contributed by atoms with Gasteiger partial charge in [0, 0.05) is 11.1 Å². The minimum atomic E-state index is 0.816. The van der Waals surface area contributed by atoms with Crippen LogP contribution in [0.1, 0.15) is 12.5 Å². The zero-order chi connectivity index (χ0) is 9.42. The summed E-state index contributed by atoms with van der Waals surface area (Å²) < 4.78 is 1.09. The normalized spacial score (nSPS) is 10.9. The Morgan fingerprint density at radius 2 is 2.31 bits per heavy atom. The molecule has 0 radical (unpaired) electrons. The van der Waals surface area contributed by atoms with Crippen molar-refractivity contribution in [1.29, 1.82) is 0 Å². The van der Waals surface area contributed by atoms with E-state index >= 15 is 0 Å². The number of thiophene rings is 1. The monoisotopic (exact) mass is 211 g/mol. The lowest BCUT2D eigenvalue weighted by molar-refractivity contribution is 1.15. The topological polar surface area (TPSA) is 26.0 Å². The van der Waals surface area contributed by atoms with Gasteiger partial charge < -0.3 is 5.73 Å². The van der Waals surface area contributed by atoms with Gasteiger partial charge >= 0.3 is 0 Å². The van der Waals surface area contributed by atoms with Crippen LogP contribution < -0.4 is 5.73 Å². The van der Waals surface area contributed by atoms with E-state index in [1.54, 1.807) is 11.3 Å². The van der Waals surface area contributed by atoms with E-state index in [1.165, 1.54) is 0 Å². The molecule has 2 rings (SSSR count). The number of benzene rings is 1. The Labute approximate surface area is 86.1 Å². The average Bonchev–Trinajstić information content (AvgIpc) is 2.60. The largest absolute Gasteiger partial charge is 0.398 e. The molecule has 1 nitrogen and oxygen atoms in total. The molecule has 13 heavy (non-hydrogen) atoms. The van der Waals surface area contributed by atoms with E-state index in [0.29, 0.717) is 0 Å². The van der Waals surface area contributed by atoms with Gasteiger partial charge in [0.15, 0.2) is 0 Å². The highest BCUT2D eigenvalue weighted by Crippen LogP contribution is 2.35. The van der Waals surface area contributed by atoms with Crippen molar-refractivity contribution in [3.8, 4) is 0 Å².